The van der Waals surface area contributed by atoms with E-state index in [1.54, 1.807) is 0 Å². The van der Waals surface area contributed by atoms with Gasteiger partial charge < -0.3 is 15.3 Å². The zero-order valence-electron chi connectivity index (χ0n) is 20.3. The molecule has 1 aromatic heterocycles. The Kier molecular flexibility index (Phi) is 7.00. The summed E-state index contributed by atoms with van der Waals surface area (Å²) in [5, 5.41) is 13.8. The van der Waals surface area contributed by atoms with E-state index in [4.69, 9.17) is 4.98 Å². The van der Waals surface area contributed by atoms with Gasteiger partial charge in [0.2, 0.25) is 5.91 Å². The first-order valence-electron chi connectivity index (χ1n) is 12.8. The monoisotopic (exact) mass is 475 g/mol. The van der Waals surface area contributed by atoms with Crippen LogP contribution in [0.1, 0.15) is 44.1 Å². The van der Waals surface area contributed by atoms with Crippen LogP contribution in [0.5, 0.6) is 0 Å². The van der Waals surface area contributed by atoms with Crippen LogP contribution in [-0.4, -0.2) is 41.7 Å². The van der Waals surface area contributed by atoms with Crippen LogP contribution in [0, 0.1) is 24.6 Å². The fourth-order valence-electron chi connectivity index (χ4n) is 5.63. The van der Waals surface area contributed by atoms with Crippen LogP contribution in [0.3, 0.4) is 0 Å². The van der Waals surface area contributed by atoms with E-state index in [1.165, 1.54) is 17.7 Å². The van der Waals surface area contributed by atoms with Crippen LogP contribution < -0.4 is 10.2 Å². The first-order valence-corrected chi connectivity index (χ1v) is 12.8. The van der Waals surface area contributed by atoms with Crippen molar-refractivity contribution in [3.8, 4) is 11.1 Å². The van der Waals surface area contributed by atoms with Crippen molar-refractivity contribution in [2.24, 2.45) is 11.8 Å². The molecule has 0 spiro atoms. The molecular formula is C29H34FN3O2. The standard InChI is InChI=1S/C29H34FN3O2/c1-19-5-10-27-23(15-19)17-26(21-6-8-24(30)9-7-21)28(32-27)33-13-11-22(12-14-33)29(35)31-25-4-2-3-20(16-25)18-34/h5-10,15,17,20,22,25,34H,2-4,11-14,16,18H2,1H3,(H,31,35)/t20-,25-/m0/s1. The van der Waals surface area contributed by atoms with Gasteiger partial charge in [-0.25, -0.2) is 9.37 Å². The number of rotatable bonds is 5. The molecule has 1 saturated carbocycles. The summed E-state index contributed by atoms with van der Waals surface area (Å²) < 4.78 is 13.6. The Morgan fingerprint density at radius 1 is 1.09 bits per heavy atom. The summed E-state index contributed by atoms with van der Waals surface area (Å²) in [6.07, 6.45) is 5.55. The van der Waals surface area contributed by atoms with Crippen LogP contribution in [0.25, 0.3) is 22.0 Å². The van der Waals surface area contributed by atoms with Gasteiger partial charge in [0.25, 0.3) is 0 Å². The number of aliphatic hydroxyl groups is 1. The summed E-state index contributed by atoms with van der Waals surface area (Å²) in [5.41, 5.74) is 4.04. The maximum Gasteiger partial charge on any atom is 0.223 e. The van der Waals surface area contributed by atoms with Crippen LogP contribution in [0.15, 0.2) is 48.5 Å². The molecule has 2 fully saturated rings. The largest absolute Gasteiger partial charge is 0.396 e. The molecule has 2 N–H and O–H groups in total. The highest BCUT2D eigenvalue weighted by atomic mass is 19.1. The minimum Gasteiger partial charge on any atom is -0.396 e. The van der Waals surface area contributed by atoms with Gasteiger partial charge in [-0.15, -0.1) is 0 Å². The second kappa shape index (κ2) is 10.3. The molecule has 2 aromatic carbocycles. The van der Waals surface area contributed by atoms with Gasteiger partial charge in [-0.05, 0) is 80.8 Å². The molecule has 2 heterocycles. The number of amides is 1. The van der Waals surface area contributed by atoms with Gasteiger partial charge in [0, 0.05) is 42.6 Å². The van der Waals surface area contributed by atoms with Crippen molar-refractivity contribution in [3.63, 3.8) is 0 Å². The van der Waals surface area contributed by atoms with Crippen molar-refractivity contribution in [2.75, 3.05) is 24.6 Å². The van der Waals surface area contributed by atoms with Gasteiger partial charge in [-0.3, -0.25) is 4.79 Å². The van der Waals surface area contributed by atoms with Gasteiger partial charge in [-0.2, -0.15) is 0 Å². The Bertz CT molecular complexity index is 1190. The number of piperidine rings is 1. The van der Waals surface area contributed by atoms with Crippen LogP contribution in [0.4, 0.5) is 10.2 Å². The summed E-state index contributed by atoms with van der Waals surface area (Å²) in [6, 6.07) is 15.2. The van der Waals surface area contributed by atoms with Gasteiger partial charge in [0.1, 0.15) is 11.6 Å². The fourth-order valence-corrected chi connectivity index (χ4v) is 5.63. The van der Waals surface area contributed by atoms with Gasteiger partial charge >= 0.3 is 0 Å². The van der Waals surface area contributed by atoms with Crippen molar-refractivity contribution in [1.29, 1.82) is 0 Å². The average Bonchev–Trinajstić information content (AvgIpc) is 2.88. The van der Waals surface area contributed by atoms with E-state index in [2.05, 4.69) is 35.3 Å². The summed E-state index contributed by atoms with van der Waals surface area (Å²) >= 11 is 0. The minimum absolute atomic E-state index is 0.00173. The van der Waals surface area contributed by atoms with Crippen LogP contribution in [-0.2, 0) is 4.79 Å². The fraction of sp³-hybridized carbons (Fsp3) is 0.448. The van der Waals surface area contributed by atoms with Crippen molar-refractivity contribution in [3.05, 3.63) is 59.9 Å². The second-order valence-corrected chi connectivity index (χ2v) is 10.2. The Morgan fingerprint density at radius 3 is 2.60 bits per heavy atom. The van der Waals surface area contributed by atoms with Crippen molar-refractivity contribution in [1.82, 2.24) is 10.3 Å². The molecule has 35 heavy (non-hydrogen) atoms. The highest BCUT2D eigenvalue weighted by molar-refractivity contribution is 5.90. The predicted molar refractivity (Wildman–Crippen MR) is 138 cm³/mol. The molecule has 1 aliphatic carbocycles. The first kappa shape index (κ1) is 23.7. The number of benzene rings is 2. The Hall–Kier alpha value is -2.99. The van der Waals surface area contributed by atoms with Gasteiger partial charge in [0.15, 0.2) is 0 Å². The molecule has 0 bridgehead atoms. The number of fused-ring (bicyclic) bond motifs is 1. The number of halogens is 1. The molecule has 3 aromatic rings. The normalized spacial score (nSPS) is 21.3. The number of aromatic nitrogens is 1. The molecule has 5 nitrogen and oxygen atoms in total. The number of nitrogens with one attached hydrogen (secondary N) is 1. The summed E-state index contributed by atoms with van der Waals surface area (Å²) in [6.45, 7) is 3.78. The van der Waals surface area contributed by atoms with E-state index in [9.17, 15) is 14.3 Å². The Labute approximate surface area is 206 Å². The maximum absolute atomic E-state index is 13.6. The highest BCUT2D eigenvalue weighted by Gasteiger charge is 2.30. The third kappa shape index (κ3) is 5.32. The van der Waals surface area contributed by atoms with E-state index in [1.807, 2.05) is 18.2 Å². The summed E-state index contributed by atoms with van der Waals surface area (Å²) in [5.74, 6) is 1.09. The Balaban J connectivity index is 1.33. The number of anilines is 1. The number of pyridine rings is 1. The number of carbonyl (C=O) groups excluding carboxylic acids is 1. The van der Waals surface area contributed by atoms with Crippen LogP contribution >= 0.6 is 0 Å². The SMILES string of the molecule is Cc1ccc2nc(N3CCC(C(=O)N[C@H]4CCC[C@H](CO)C4)CC3)c(-c3ccc(F)cc3)cc2c1. The third-order valence-electron chi connectivity index (χ3n) is 7.66. The highest BCUT2D eigenvalue weighted by Crippen LogP contribution is 2.35. The molecule has 1 amide bonds. The first-order chi connectivity index (χ1) is 17.0. The molecule has 2 aliphatic rings. The molecule has 2 atom stereocenters. The lowest BCUT2D eigenvalue weighted by Gasteiger charge is -2.35. The number of hydrogen-bond donors (Lipinski definition) is 2. The van der Waals surface area contributed by atoms with Gasteiger partial charge in [0.05, 0.1) is 5.52 Å². The van der Waals surface area contributed by atoms with Gasteiger partial charge in [-0.1, -0.05) is 30.2 Å². The average molecular weight is 476 g/mol. The van der Waals surface area contributed by atoms with E-state index in [0.717, 1.165) is 79.5 Å². The second-order valence-electron chi connectivity index (χ2n) is 10.2. The predicted octanol–water partition coefficient (Wildman–Crippen LogP) is 5.23. The minimum atomic E-state index is -0.255. The van der Waals surface area contributed by atoms with E-state index < -0.39 is 0 Å². The molecule has 0 radical (unpaired) electrons. The van der Waals surface area contributed by atoms with E-state index >= 15 is 0 Å². The molecular weight excluding hydrogens is 441 g/mol. The lowest BCUT2D eigenvalue weighted by Crippen LogP contribution is -2.45. The molecule has 1 aliphatic heterocycles. The van der Waals surface area contributed by atoms with Crippen molar-refractivity contribution >= 4 is 22.6 Å². The Morgan fingerprint density at radius 2 is 1.86 bits per heavy atom. The molecule has 0 unspecified atom stereocenters. The third-order valence-corrected chi connectivity index (χ3v) is 7.66. The number of aliphatic hydroxyl groups excluding tert-OH is 1. The zero-order chi connectivity index (χ0) is 24.4. The van der Waals surface area contributed by atoms with Crippen molar-refractivity contribution in [2.45, 2.75) is 51.5 Å². The number of aryl methyl sites for hydroxylation is 1. The lowest BCUT2D eigenvalue weighted by atomic mass is 9.85. The molecule has 5 rings (SSSR count). The van der Waals surface area contributed by atoms with Crippen LogP contribution in [0.2, 0.25) is 0 Å². The molecule has 184 valence electrons. The maximum atomic E-state index is 13.6. The number of nitrogens with zero attached hydrogens (tertiary/aromatic N) is 2. The van der Waals surface area contributed by atoms with E-state index in [0.29, 0.717) is 5.92 Å². The van der Waals surface area contributed by atoms with E-state index in [-0.39, 0.29) is 30.3 Å². The smallest absolute Gasteiger partial charge is 0.223 e. The summed E-state index contributed by atoms with van der Waals surface area (Å²) in [7, 11) is 0. The van der Waals surface area contributed by atoms with Crippen molar-refractivity contribution < 1.29 is 14.3 Å². The lowest BCUT2D eigenvalue weighted by molar-refractivity contribution is -0.126. The summed E-state index contributed by atoms with van der Waals surface area (Å²) in [4.78, 5) is 20.3. The zero-order valence-corrected chi connectivity index (χ0v) is 20.3. The number of hydrogen-bond acceptors (Lipinski definition) is 4. The topological polar surface area (TPSA) is 65.5 Å². The number of carbonyl (C=O) groups is 1. The quantitative estimate of drug-likeness (QED) is 0.530. The molecule has 6 heteroatoms. The molecule has 1 saturated heterocycles.